The number of carboxylic acids is 1. The largest absolute Gasteiger partial charge is 0.496 e. The third-order valence-corrected chi connectivity index (χ3v) is 4.80. The molecule has 4 heteroatoms. The summed E-state index contributed by atoms with van der Waals surface area (Å²) in [4.78, 5) is 11.4. The van der Waals surface area contributed by atoms with Gasteiger partial charge >= 0.3 is 5.97 Å². The molecule has 1 aliphatic rings. The van der Waals surface area contributed by atoms with Crippen LogP contribution in [-0.2, 0) is 19.4 Å². The third-order valence-electron chi connectivity index (χ3n) is 4.80. The quantitative estimate of drug-likeness (QED) is 0.849. The Morgan fingerprint density at radius 1 is 1.29 bits per heavy atom. The molecule has 1 aliphatic carbocycles. The minimum Gasteiger partial charge on any atom is -0.496 e. The number of carboxylic acid groups (broad SMARTS) is 1. The highest BCUT2D eigenvalue weighted by atomic mass is 16.5. The van der Waals surface area contributed by atoms with Crippen molar-refractivity contribution < 1.29 is 14.6 Å². The van der Waals surface area contributed by atoms with Crippen LogP contribution in [-0.4, -0.2) is 18.2 Å². The van der Waals surface area contributed by atoms with Gasteiger partial charge in [-0.25, -0.2) is 4.79 Å². The summed E-state index contributed by atoms with van der Waals surface area (Å²) in [5.41, 5.74) is 5.45. The fraction of sp³-hybridized carbons (Fsp3) is 0.350. The van der Waals surface area contributed by atoms with Crippen LogP contribution in [0.1, 0.15) is 52.0 Å². The molecule has 3 rings (SSSR count). The number of hydrogen-bond acceptors (Lipinski definition) is 3. The zero-order valence-corrected chi connectivity index (χ0v) is 14.1. The van der Waals surface area contributed by atoms with E-state index in [2.05, 4.69) is 30.4 Å². The first-order valence-corrected chi connectivity index (χ1v) is 8.34. The molecular weight excluding hydrogens is 302 g/mol. The molecule has 0 saturated heterocycles. The van der Waals surface area contributed by atoms with E-state index in [0.717, 1.165) is 18.5 Å². The molecule has 0 bridgehead atoms. The average molecular weight is 325 g/mol. The number of fused-ring (bicyclic) bond motifs is 1. The summed E-state index contributed by atoms with van der Waals surface area (Å²) in [5.74, 6) is -0.582. The lowest BCUT2D eigenvalue weighted by atomic mass is 10.0. The van der Waals surface area contributed by atoms with E-state index in [1.54, 1.807) is 12.1 Å². The second-order valence-corrected chi connectivity index (χ2v) is 6.28. The summed E-state index contributed by atoms with van der Waals surface area (Å²) in [7, 11) is 1.49. The minimum absolute atomic E-state index is 0.0614. The van der Waals surface area contributed by atoms with Crippen molar-refractivity contribution in [1.82, 2.24) is 5.32 Å². The lowest BCUT2D eigenvalue weighted by Crippen LogP contribution is -2.19. The number of aryl methyl sites for hydroxylation is 1. The lowest BCUT2D eigenvalue weighted by molar-refractivity contribution is 0.0693. The second kappa shape index (κ2) is 7.05. The van der Waals surface area contributed by atoms with Crippen LogP contribution in [0, 0.1) is 0 Å². The van der Waals surface area contributed by atoms with Gasteiger partial charge in [-0.1, -0.05) is 24.3 Å². The molecule has 24 heavy (non-hydrogen) atoms. The van der Waals surface area contributed by atoms with Crippen LogP contribution < -0.4 is 10.1 Å². The molecular formula is C20H23NO3. The fourth-order valence-electron chi connectivity index (χ4n) is 3.41. The standard InChI is InChI=1S/C20H23NO3/c1-13(15-9-10-19(24-2)18(11-15)20(22)23)21-12-16-7-3-5-14-6-4-8-17(14)16/h3,5,7,9-11,13,21H,4,6,8,12H2,1-2H3,(H,22,23)/t13-/m0/s1. The molecule has 0 spiro atoms. The van der Waals surface area contributed by atoms with E-state index in [9.17, 15) is 9.90 Å². The molecule has 0 radical (unpaired) electrons. The first-order chi connectivity index (χ1) is 11.6. The van der Waals surface area contributed by atoms with Gasteiger partial charge in [0.1, 0.15) is 11.3 Å². The zero-order valence-electron chi connectivity index (χ0n) is 14.1. The van der Waals surface area contributed by atoms with Gasteiger partial charge in [-0.2, -0.15) is 0 Å². The van der Waals surface area contributed by atoms with Crippen molar-refractivity contribution in [2.24, 2.45) is 0 Å². The maximum atomic E-state index is 11.4. The maximum absolute atomic E-state index is 11.4. The van der Waals surface area contributed by atoms with Gasteiger partial charge in [0, 0.05) is 12.6 Å². The second-order valence-electron chi connectivity index (χ2n) is 6.28. The topological polar surface area (TPSA) is 58.6 Å². The predicted octanol–water partition coefficient (Wildman–Crippen LogP) is 3.73. The Balaban J connectivity index is 1.74. The third kappa shape index (κ3) is 3.29. The van der Waals surface area contributed by atoms with Crippen molar-refractivity contribution in [2.75, 3.05) is 7.11 Å². The molecule has 2 aromatic carbocycles. The Bertz CT molecular complexity index is 755. The van der Waals surface area contributed by atoms with Gasteiger partial charge in [0.2, 0.25) is 0 Å². The number of rotatable bonds is 6. The van der Waals surface area contributed by atoms with Crippen LogP contribution in [0.3, 0.4) is 0 Å². The number of ether oxygens (including phenoxy) is 1. The van der Waals surface area contributed by atoms with Gasteiger partial charge in [0.25, 0.3) is 0 Å². The molecule has 1 atom stereocenters. The highest BCUT2D eigenvalue weighted by molar-refractivity contribution is 5.91. The molecule has 0 unspecified atom stereocenters. The van der Waals surface area contributed by atoms with E-state index in [-0.39, 0.29) is 11.6 Å². The van der Waals surface area contributed by atoms with E-state index in [4.69, 9.17) is 4.74 Å². The summed E-state index contributed by atoms with van der Waals surface area (Å²) < 4.78 is 5.12. The lowest BCUT2D eigenvalue weighted by Gasteiger charge is -2.17. The number of aromatic carboxylic acids is 1. The van der Waals surface area contributed by atoms with Crippen LogP contribution in [0.15, 0.2) is 36.4 Å². The summed E-state index contributed by atoms with van der Waals surface area (Å²) in [6, 6.07) is 11.9. The summed E-state index contributed by atoms with van der Waals surface area (Å²) >= 11 is 0. The summed E-state index contributed by atoms with van der Waals surface area (Å²) in [6.45, 7) is 2.84. The maximum Gasteiger partial charge on any atom is 0.339 e. The first kappa shape index (κ1) is 16.5. The summed E-state index contributed by atoms with van der Waals surface area (Å²) in [5, 5.41) is 12.8. The van der Waals surface area contributed by atoms with Gasteiger partial charge in [-0.3, -0.25) is 0 Å². The van der Waals surface area contributed by atoms with Crippen molar-refractivity contribution in [1.29, 1.82) is 0 Å². The van der Waals surface area contributed by atoms with Crippen LogP contribution in [0.2, 0.25) is 0 Å². The highest BCUT2D eigenvalue weighted by Crippen LogP contribution is 2.27. The van der Waals surface area contributed by atoms with Crippen LogP contribution in [0.25, 0.3) is 0 Å². The van der Waals surface area contributed by atoms with Gasteiger partial charge in [-0.05, 0) is 60.6 Å². The molecule has 0 aliphatic heterocycles. The minimum atomic E-state index is -0.971. The van der Waals surface area contributed by atoms with E-state index >= 15 is 0 Å². The molecule has 0 amide bonds. The average Bonchev–Trinajstić information content (AvgIpc) is 3.08. The molecule has 4 nitrogen and oxygen atoms in total. The monoisotopic (exact) mass is 325 g/mol. The van der Waals surface area contributed by atoms with E-state index in [0.29, 0.717) is 5.75 Å². The van der Waals surface area contributed by atoms with Crippen molar-refractivity contribution in [2.45, 2.75) is 38.8 Å². The molecule has 126 valence electrons. The molecule has 2 N–H and O–H groups in total. The van der Waals surface area contributed by atoms with Gasteiger partial charge in [-0.15, -0.1) is 0 Å². The number of nitrogens with one attached hydrogen (secondary N) is 1. The van der Waals surface area contributed by atoms with Gasteiger partial charge in [0.15, 0.2) is 0 Å². The Hall–Kier alpha value is -2.33. The molecule has 0 heterocycles. The normalized spacial score (nSPS) is 14.2. The zero-order chi connectivity index (χ0) is 17.1. The Labute approximate surface area is 142 Å². The van der Waals surface area contributed by atoms with Crippen molar-refractivity contribution in [3.63, 3.8) is 0 Å². The number of methoxy groups -OCH3 is 1. The highest BCUT2D eigenvalue weighted by Gasteiger charge is 2.16. The molecule has 2 aromatic rings. The SMILES string of the molecule is COc1ccc([C@H](C)NCc2cccc3c2CCC3)cc1C(=O)O. The van der Waals surface area contributed by atoms with Crippen molar-refractivity contribution in [3.05, 3.63) is 64.2 Å². The Morgan fingerprint density at radius 3 is 2.88 bits per heavy atom. The number of benzene rings is 2. The van der Waals surface area contributed by atoms with Crippen LogP contribution in [0.4, 0.5) is 0 Å². The molecule has 0 fully saturated rings. The fourth-order valence-corrected chi connectivity index (χ4v) is 3.41. The van der Waals surface area contributed by atoms with Gasteiger partial charge < -0.3 is 15.2 Å². The van der Waals surface area contributed by atoms with E-state index < -0.39 is 5.97 Å². The number of hydrogen-bond donors (Lipinski definition) is 2. The van der Waals surface area contributed by atoms with Crippen molar-refractivity contribution >= 4 is 5.97 Å². The van der Waals surface area contributed by atoms with E-state index in [1.165, 1.54) is 36.6 Å². The molecule has 0 saturated carbocycles. The first-order valence-electron chi connectivity index (χ1n) is 8.34. The molecule has 0 aromatic heterocycles. The summed E-state index contributed by atoms with van der Waals surface area (Å²) in [6.07, 6.45) is 3.58. The van der Waals surface area contributed by atoms with Crippen LogP contribution in [0.5, 0.6) is 5.75 Å². The predicted molar refractivity (Wildman–Crippen MR) is 93.7 cm³/mol. The number of carbonyl (C=O) groups is 1. The van der Waals surface area contributed by atoms with Crippen LogP contribution >= 0.6 is 0 Å². The smallest absolute Gasteiger partial charge is 0.339 e. The van der Waals surface area contributed by atoms with Crippen molar-refractivity contribution in [3.8, 4) is 5.75 Å². The Morgan fingerprint density at radius 2 is 2.12 bits per heavy atom. The Kier molecular flexibility index (Phi) is 4.86. The van der Waals surface area contributed by atoms with E-state index in [1.807, 2.05) is 6.07 Å². The van der Waals surface area contributed by atoms with Gasteiger partial charge in [0.05, 0.1) is 7.11 Å².